The zero-order valence-corrected chi connectivity index (χ0v) is 26.6. The van der Waals surface area contributed by atoms with Gasteiger partial charge in [0.15, 0.2) is 6.04 Å². The summed E-state index contributed by atoms with van der Waals surface area (Å²) in [7, 11) is -9.87. The Labute approximate surface area is 266 Å². The molecule has 1 heterocycles. The third-order valence-corrected chi connectivity index (χ3v) is 7.52. The number of fused-ring (bicyclic) bond motifs is 1. The van der Waals surface area contributed by atoms with E-state index in [1.165, 1.54) is 19.1 Å². The minimum Gasteiger partial charge on any atom is -0.744 e. The van der Waals surface area contributed by atoms with E-state index in [0.717, 1.165) is 17.1 Å². The summed E-state index contributed by atoms with van der Waals surface area (Å²) in [6.07, 6.45) is 0. The van der Waals surface area contributed by atoms with Crippen molar-refractivity contribution in [1.29, 1.82) is 0 Å². The fraction of sp³-hybridized carbons (Fsp3) is 0.100. The van der Waals surface area contributed by atoms with Crippen molar-refractivity contribution in [2.75, 3.05) is 5.01 Å². The van der Waals surface area contributed by atoms with Gasteiger partial charge in [0.05, 0.1) is 31.2 Å². The van der Waals surface area contributed by atoms with E-state index >= 15 is 0 Å². The average molecular weight is 601 g/mol. The Kier molecular flexibility index (Phi) is 10.5. The molecule has 0 fully saturated rings. The van der Waals surface area contributed by atoms with Gasteiger partial charge in [-0.25, -0.2) is 16.8 Å². The first-order chi connectivity index (χ1) is 16.3. The van der Waals surface area contributed by atoms with Crippen molar-refractivity contribution in [1.82, 2.24) is 0 Å². The van der Waals surface area contributed by atoms with Gasteiger partial charge in [-0.05, 0) is 30.5 Å². The normalized spacial score (nSPS) is 16.0. The molecule has 3 aromatic carbocycles. The topological polar surface area (TPSA) is 172 Å². The molecule has 0 aliphatic carbocycles. The molecule has 0 radical (unpaired) electrons. The summed E-state index contributed by atoms with van der Waals surface area (Å²) in [5.41, 5.74) is -0.234. The third kappa shape index (κ3) is 6.62. The molecule has 4 rings (SSSR count). The summed E-state index contributed by atoms with van der Waals surface area (Å²) in [5, 5.41) is 12.5. The van der Waals surface area contributed by atoms with Crippen molar-refractivity contribution in [2.45, 2.75) is 22.8 Å². The van der Waals surface area contributed by atoms with Crippen molar-refractivity contribution >= 4 is 77.2 Å². The Hall–Kier alpha value is -0.940. The van der Waals surface area contributed by atoms with Crippen LogP contribution in [-0.4, -0.2) is 43.6 Å². The van der Waals surface area contributed by atoms with Crippen LogP contribution in [0.1, 0.15) is 6.92 Å². The number of carbonyl (C=O) groups is 1. The van der Waals surface area contributed by atoms with Crippen LogP contribution in [-0.2, 0) is 25.0 Å². The van der Waals surface area contributed by atoms with Gasteiger partial charge in [0.25, 0.3) is 5.91 Å². The van der Waals surface area contributed by atoms with Gasteiger partial charge in [-0.2, -0.15) is 20.3 Å². The molecule has 0 saturated carbocycles. The molecular formula is C20H12Cl2N4Na2O7S2. The number of azo groups is 1. The summed E-state index contributed by atoms with van der Waals surface area (Å²) >= 11 is 11.9. The van der Waals surface area contributed by atoms with Gasteiger partial charge in [0, 0.05) is 5.39 Å². The fourth-order valence-electron chi connectivity index (χ4n) is 3.43. The molecule has 1 aliphatic heterocycles. The summed E-state index contributed by atoms with van der Waals surface area (Å²) in [6, 6.07) is 9.64. The monoisotopic (exact) mass is 600 g/mol. The van der Waals surface area contributed by atoms with E-state index in [2.05, 4.69) is 15.3 Å². The maximum absolute atomic E-state index is 13.0. The molecular weight excluding hydrogens is 589 g/mol. The molecule has 11 nitrogen and oxygen atoms in total. The van der Waals surface area contributed by atoms with Crippen molar-refractivity contribution in [3.8, 4) is 0 Å². The van der Waals surface area contributed by atoms with E-state index in [0.29, 0.717) is 5.39 Å². The Morgan fingerprint density at radius 3 is 2.22 bits per heavy atom. The van der Waals surface area contributed by atoms with E-state index < -0.39 is 47.0 Å². The molecule has 1 atom stereocenters. The second kappa shape index (κ2) is 12.1. The predicted octanol–water partition coefficient (Wildman–Crippen LogP) is -2.16. The van der Waals surface area contributed by atoms with E-state index in [1.807, 2.05) is 0 Å². The number of hydrogen-bond acceptors (Lipinski definition) is 10. The predicted molar refractivity (Wildman–Crippen MR) is 125 cm³/mol. The Morgan fingerprint density at radius 1 is 0.946 bits per heavy atom. The van der Waals surface area contributed by atoms with Crippen LogP contribution in [0, 0.1) is 0 Å². The molecule has 0 saturated heterocycles. The SMILES string of the molecule is CC1=NN(c2cc(Cl)c(S(=O)(=O)[O-])cc2Cl)C(=O)C1N=Nc1ccc2ccccc2c1S(=O)(=O)[O-].[Na+].[Na+]. The number of anilines is 1. The van der Waals surface area contributed by atoms with Crippen LogP contribution < -0.4 is 64.1 Å². The molecule has 1 amide bonds. The standard InChI is InChI=1S/C20H14Cl2N4O7S2.2Na/c1-10-18(20(27)26(25-10)16-8-14(22)17(9-13(16)21)34(28,29)30)24-23-15-7-6-11-4-2-3-5-12(11)19(15)35(31,32)33;;/h2-9,18H,1H3,(H,28,29,30)(H,31,32,33);;/q;2*+1/p-2. The van der Waals surface area contributed by atoms with Crippen LogP contribution in [0.25, 0.3) is 10.8 Å². The number of amides is 1. The largest absolute Gasteiger partial charge is 1.00 e. The van der Waals surface area contributed by atoms with Crippen LogP contribution in [0.5, 0.6) is 0 Å². The zero-order valence-electron chi connectivity index (χ0n) is 19.4. The van der Waals surface area contributed by atoms with Crippen molar-refractivity contribution in [3.05, 3.63) is 58.6 Å². The zero-order chi connectivity index (χ0) is 25.7. The first-order valence-corrected chi connectivity index (χ1v) is 13.1. The number of carbonyl (C=O) groups excluding carboxylic acids is 1. The molecule has 1 aliphatic rings. The third-order valence-electron chi connectivity index (χ3n) is 4.98. The van der Waals surface area contributed by atoms with Gasteiger partial charge in [0.1, 0.15) is 25.9 Å². The fourth-order valence-corrected chi connectivity index (χ4v) is 5.56. The molecule has 1 unspecified atom stereocenters. The van der Waals surface area contributed by atoms with Crippen LogP contribution >= 0.6 is 23.2 Å². The van der Waals surface area contributed by atoms with Crippen molar-refractivity contribution in [2.24, 2.45) is 15.3 Å². The van der Waals surface area contributed by atoms with Crippen LogP contribution in [0.2, 0.25) is 10.0 Å². The summed E-state index contributed by atoms with van der Waals surface area (Å²) in [4.78, 5) is 11.6. The average Bonchev–Trinajstić information content (AvgIpc) is 3.04. The Morgan fingerprint density at radius 2 is 1.59 bits per heavy atom. The van der Waals surface area contributed by atoms with Gasteiger partial charge < -0.3 is 9.11 Å². The van der Waals surface area contributed by atoms with Crippen LogP contribution in [0.3, 0.4) is 0 Å². The molecule has 0 N–H and O–H groups in total. The molecule has 0 spiro atoms. The molecule has 0 aromatic heterocycles. The van der Waals surface area contributed by atoms with Crippen LogP contribution in [0.15, 0.2) is 73.7 Å². The smallest absolute Gasteiger partial charge is 0.744 e. The van der Waals surface area contributed by atoms with Crippen molar-refractivity contribution < 1.29 is 89.9 Å². The molecule has 0 bridgehead atoms. The number of hydrazone groups is 1. The van der Waals surface area contributed by atoms with Gasteiger partial charge in [-0.3, -0.25) is 4.79 Å². The van der Waals surface area contributed by atoms with E-state index in [-0.39, 0.29) is 86.6 Å². The molecule has 17 heteroatoms. The van der Waals surface area contributed by atoms with E-state index in [9.17, 15) is 30.7 Å². The number of benzene rings is 3. The molecule has 37 heavy (non-hydrogen) atoms. The van der Waals surface area contributed by atoms with Crippen LogP contribution in [0.4, 0.5) is 11.4 Å². The maximum atomic E-state index is 13.0. The first kappa shape index (κ1) is 32.3. The molecule has 182 valence electrons. The number of halogens is 2. The Balaban J connectivity index is 0.00000241. The number of hydrogen-bond donors (Lipinski definition) is 0. The van der Waals surface area contributed by atoms with E-state index in [4.69, 9.17) is 23.2 Å². The number of nitrogens with zero attached hydrogens (tertiary/aromatic N) is 4. The number of rotatable bonds is 5. The minimum atomic E-state index is -4.95. The van der Waals surface area contributed by atoms with Gasteiger partial charge in [-0.1, -0.05) is 53.5 Å². The van der Waals surface area contributed by atoms with Gasteiger partial charge in [0.2, 0.25) is 0 Å². The maximum Gasteiger partial charge on any atom is 1.00 e. The second-order valence-corrected chi connectivity index (χ2v) is 10.8. The van der Waals surface area contributed by atoms with Gasteiger partial charge >= 0.3 is 59.1 Å². The quantitative estimate of drug-likeness (QED) is 0.182. The van der Waals surface area contributed by atoms with E-state index in [1.54, 1.807) is 24.3 Å². The molecule has 3 aromatic rings. The second-order valence-electron chi connectivity index (χ2n) is 7.29. The summed E-state index contributed by atoms with van der Waals surface area (Å²) < 4.78 is 69.8. The Bertz CT molecular complexity index is 1680. The van der Waals surface area contributed by atoms with Gasteiger partial charge in [-0.15, -0.1) is 0 Å². The summed E-state index contributed by atoms with van der Waals surface area (Å²) in [5.74, 6) is -0.769. The first-order valence-electron chi connectivity index (χ1n) is 9.51. The van der Waals surface area contributed by atoms with Crippen molar-refractivity contribution in [3.63, 3.8) is 0 Å². The minimum absolute atomic E-state index is 0. The summed E-state index contributed by atoms with van der Waals surface area (Å²) in [6.45, 7) is 1.44.